The Hall–Kier alpha value is -3.77. The molecule has 2 aromatic heterocycles. The highest BCUT2D eigenvalue weighted by atomic mass is 15.2. The van der Waals surface area contributed by atoms with E-state index in [9.17, 15) is 0 Å². The molecule has 1 aliphatic carbocycles. The van der Waals surface area contributed by atoms with E-state index in [0.29, 0.717) is 6.54 Å². The highest BCUT2D eigenvalue weighted by molar-refractivity contribution is 5.85. The molecule has 0 spiro atoms. The third-order valence-electron chi connectivity index (χ3n) is 6.59. The van der Waals surface area contributed by atoms with Crippen molar-refractivity contribution in [3.63, 3.8) is 0 Å². The van der Waals surface area contributed by atoms with Gasteiger partial charge in [0.25, 0.3) is 0 Å². The van der Waals surface area contributed by atoms with Crippen LogP contribution in [0.5, 0.6) is 0 Å². The zero-order valence-corrected chi connectivity index (χ0v) is 17.7. The highest BCUT2D eigenvalue weighted by Crippen LogP contribution is 2.40. The number of fused-ring (bicyclic) bond motifs is 1. The lowest BCUT2D eigenvalue weighted by atomic mass is 9.72. The third-order valence-corrected chi connectivity index (χ3v) is 6.59. The second kappa shape index (κ2) is 7.43. The van der Waals surface area contributed by atoms with Crippen molar-refractivity contribution in [2.75, 3.05) is 6.54 Å². The van der Waals surface area contributed by atoms with Gasteiger partial charge in [0.1, 0.15) is 0 Å². The maximum atomic E-state index is 6.55. The van der Waals surface area contributed by atoms with Crippen molar-refractivity contribution in [3.05, 3.63) is 84.3 Å². The van der Waals surface area contributed by atoms with E-state index in [4.69, 9.17) is 10.7 Å². The number of rotatable bonds is 4. The topological polar surface area (TPSA) is 80.6 Å². The van der Waals surface area contributed by atoms with Crippen LogP contribution in [-0.2, 0) is 5.54 Å². The molecule has 1 saturated carbocycles. The van der Waals surface area contributed by atoms with E-state index in [1.807, 2.05) is 35.1 Å². The zero-order chi connectivity index (χ0) is 21.5. The van der Waals surface area contributed by atoms with Crippen LogP contribution in [0.3, 0.4) is 0 Å². The largest absolute Gasteiger partial charge is 0.353 e. The van der Waals surface area contributed by atoms with Gasteiger partial charge in [0.05, 0.1) is 24.8 Å². The first kappa shape index (κ1) is 19.0. The van der Waals surface area contributed by atoms with Crippen molar-refractivity contribution in [2.45, 2.75) is 24.8 Å². The van der Waals surface area contributed by atoms with E-state index in [1.54, 1.807) is 6.34 Å². The van der Waals surface area contributed by atoms with E-state index in [1.165, 1.54) is 12.0 Å². The van der Waals surface area contributed by atoms with Crippen molar-refractivity contribution >= 4 is 17.6 Å². The number of hydrogen-bond acceptors (Lipinski definition) is 5. The molecule has 4 aromatic rings. The summed E-state index contributed by atoms with van der Waals surface area (Å²) in [6.07, 6.45) is 10.9. The molecule has 2 aromatic carbocycles. The van der Waals surface area contributed by atoms with Crippen molar-refractivity contribution < 1.29 is 0 Å². The van der Waals surface area contributed by atoms with Gasteiger partial charge in [0, 0.05) is 40.2 Å². The Labute approximate surface area is 186 Å². The molecule has 3 heterocycles. The predicted octanol–water partition coefficient (Wildman–Crippen LogP) is 4.37. The average molecular weight is 421 g/mol. The van der Waals surface area contributed by atoms with Gasteiger partial charge >= 0.3 is 0 Å². The lowest BCUT2D eigenvalue weighted by molar-refractivity contribution is 0.253. The van der Waals surface area contributed by atoms with Gasteiger partial charge in [-0.25, -0.2) is 9.50 Å². The van der Waals surface area contributed by atoms with E-state index in [-0.39, 0.29) is 5.54 Å². The van der Waals surface area contributed by atoms with E-state index < -0.39 is 0 Å². The van der Waals surface area contributed by atoms with Gasteiger partial charge in [-0.15, -0.1) is 0 Å². The number of aliphatic imine (C=N–C) groups is 1. The molecule has 0 radical (unpaired) electrons. The van der Waals surface area contributed by atoms with E-state index >= 15 is 0 Å². The van der Waals surface area contributed by atoms with Crippen LogP contribution in [-0.4, -0.2) is 27.5 Å². The summed E-state index contributed by atoms with van der Waals surface area (Å²) < 4.78 is 1.86. The molecule has 2 aliphatic rings. The van der Waals surface area contributed by atoms with Crippen LogP contribution < -0.4 is 11.1 Å². The Morgan fingerprint density at radius 3 is 2.44 bits per heavy atom. The lowest BCUT2D eigenvalue weighted by Gasteiger charge is -2.38. The Morgan fingerprint density at radius 1 is 0.938 bits per heavy atom. The first-order valence-electron chi connectivity index (χ1n) is 11.0. The number of nitrogens with two attached hydrogens (primary N) is 1. The van der Waals surface area contributed by atoms with Crippen LogP contribution >= 0.6 is 0 Å². The summed E-state index contributed by atoms with van der Waals surface area (Å²) in [5.74, 6) is 0. The summed E-state index contributed by atoms with van der Waals surface area (Å²) in [5, 5.41) is 7.67. The highest BCUT2D eigenvalue weighted by Gasteiger charge is 2.34. The fourth-order valence-corrected chi connectivity index (χ4v) is 4.54. The summed E-state index contributed by atoms with van der Waals surface area (Å²) in [6.45, 7) is 0.610. The quantitative estimate of drug-likeness (QED) is 0.514. The molecule has 0 bridgehead atoms. The summed E-state index contributed by atoms with van der Waals surface area (Å²) in [5.41, 5.74) is 14.6. The minimum atomic E-state index is -0.169. The Balaban J connectivity index is 1.51. The average Bonchev–Trinajstić information content (AvgIpc) is 3.26. The molecule has 1 fully saturated rings. The van der Waals surface area contributed by atoms with E-state index in [2.05, 4.69) is 58.0 Å². The van der Waals surface area contributed by atoms with Crippen molar-refractivity contribution in [3.8, 4) is 22.4 Å². The predicted molar refractivity (Wildman–Crippen MR) is 128 cm³/mol. The molecule has 0 atom stereocenters. The van der Waals surface area contributed by atoms with Gasteiger partial charge < -0.3 is 11.1 Å². The number of benzene rings is 2. The monoisotopic (exact) mass is 420 g/mol. The number of hydrogen-bond donors (Lipinski definition) is 2. The Bertz CT molecular complexity index is 1340. The van der Waals surface area contributed by atoms with Gasteiger partial charge in [-0.3, -0.25) is 4.99 Å². The second-order valence-corrected chi connectivity index (χ2v) is 8.59. The standard InChI is InChI=1S/C26H24N6/c27-26(11-4-12-26)21-9-7-19(8-10-21)24-23(18-5-2-1-3-6-18)16-32-25(31-24)22(15-30-32)20-13-28-17-29-14-20/h1-3,5-10,13,15-17H,4,11-12,14,27H2,(H,28,29). The fourth-order valence-electron chi connectivity index (χ4n) is 4.54. The Kier molecular flexibility index (Phi) is 4.40. The SMILES string of the molecule is NC1(c2ccc(-c3nc4c(C5=CNC=NC5)cnn4cc3-c3ccccc3)cc2)CCC1. The zero-order valence-electron chi connectivity index (χ0n) is 17.7. The molecule has 0 saturated heterocycles. The molecule has 1 aliphatic heterocycles. The molecule has 0 unspecified atom stereocenters. The van der Waals surface area contributed by atoms with E-state index in [0.717, 1.165) is 52.0 Å². The normalized spacial score (nSPS) is 17.0. The molecule has 6 heteroatoms. The molecule has 3 N–H and O–H groups in total. The van der Waals surface area contributed by atoms with Crippen molar-refractivity contribution in [1.29, 1.82) is 0 Å². The van der Waals surface area contributed by atoms with Crippen LogP contribution in [0, 0.1) is 0 Å². The van der Waals surface area contributed by atoms with Crippen LogP contribution in [0.25, 0.3) is 33.6 Å². The van der Waals surface area contributed by atoms with Crippen molar-refractivity contribution in [2.24, 2.45) is 10.7 Å². The van der Waals surface area contributed by atoms with Crippen LogP contribution in [0.4, 0.5) is 0 Å². The van der Waals surface area contributed by atoms with Gasteiger partial charge in [0.15, 0.2) is 5.65 Å². The Morgan fingerprint density at radius 2 is 1.75 bits per heavy atom. The third kappa shape index (κ3) is 3.11. The smallest absolute Gasteiger partial charge is 0.163 e. The van der Waals surface area contributed by atoms with Gasteiger partial charge in [-0.1, -0.05) is 54.6 Å². The summed E-state index contributed by atoms with van der Waals surface area (Å²) in [4.78, 5) is 9.46. The van der Waals surface area contributed by atoms with Crippen LogP contribution in [0.15, 0.2) is 78.2 Å². The minimum Gasteiger partial charge on any atom is -0.353 e. The fraction of sp³-hybridized carbons (Fsp3) is 0.192. The molecule has 6 nitrogen and oxygen atoms in total. The first-order valence-corrected chi connectivity index (χ1v) is 11.0. The molecule has 6 rings (SSSR count). The maximum Gasteiger partial charge on any atom is 0.163 e. The molecule has 158 valence electrons. The van der Waals surface area contributed by atoms with Crippen molar-refractivity contribution in [1.82, 2.24) is 19.9 Å². The molecule has 0 amide bonds. The molecular formula is C26H24N6. The molecule has 32 heavy (non-hydrogen) atoms. The molecular weight excluding hydrogens is 396 g/mol. The first-order chi connectivity index (χ1) is 15.7. The number of aromatic nitrogens is 3. The second-order valence-electron chi connectivity index (χ2n) is 8.59. The van der Waals surface area contributed by atoms with Gasteiger partial charge in [-0.05, 0) is 30.4 Å². The van der Waals surface area contributed by atoms with Crippen LogP contribution in [0.2, 0.25) is 0 Å². The lowest BCUT2D eigenvalue weighted by Crippen LogP contribution is -2.43. The van der Waals surface area contributed by atoms with Gasteiger partial charge in [-0.2, -0.15) is 5.10 Å². The van der Waals surface area contributed by atoms with Crippen LogP contribution in [0.1, 0.15) is 30.4 Å². The summed E-state index contributed by atoms with van der Waals surface area (Å²) in [7, 11) is 0. The van der Waals surface area contributed by atoms with Gasteiger partial charge in [0.2, 0.25) is 0 Å². The number of nitrogens with zero attached hydrogens (tertiary/aromatic N) is 4. The maximum absolute atomic E-state index is 6.55. The number of nitrogens with one attached hydrogen (secondary N) is 1. The summed E-state index contributed by atoms with van der Waals surface area (Å²) in [6, 6.07) is 19.0. The summed E-state index contributed by atoms with van der Waals surface area (Å²) >= 11 is 0. The minimum absolute atomic E-state index is 0.169.